The molecule has 0 aliphatic carbocycles. The van der Waals surface area contributed by atoms with Crippen LogP contribution in [0.4, 0.5) is 10.5 Å². The van der Waals surface area contributed by atoms with Gasteiger partial charge in [-0.2, -0.15) is 0 Å². The lowest BCUT2D eigenvalue weighted by Crippen LogP contribution is -2.33. The van der Waals surface area contributed by atoms with Crippen molar-refractivity contribution in [3.05, 3.63) is 29.8 Å². The predicted molar refractivity (Wildman–Crippen MR) is 80.1 cm³/mol. The highest BCUT2D eigenvalue weighted by Crippen LogP contribution is 2.15. The molecule has 19 heavy (non-hydrogen) atoms. The first-order valence-corrected chi connectivity index (χ1v) is 6.80. The molecule has 0 radical (unpaired) electrons. The predicted octanol–water partition coefficient (Wildman–Crippen LogP) is 3.12. The molecule has 0 heterocycles. The molecule has 0 saturated heterocycles. The van der Waals surface area contributed by atoms with Crippen molar-refractivity contribution in [2.75, 3.05) is 11.9 Å². The summed E-state index contributed by atoms with van der Waals surface area (Å²) in [6.45, 7) is 9.02. The number of amides is 2. The van der Waals surface area contributed by atoms with Crippen molar-refractivity contribution in [2.24, 2.45) is 17.6 Å². The second-order valence-corrected chi connectivity index (χ2v) is 5.47. The fourth-order valence-corrected chi connectivity index (χ4v) is 1.56. The first kappa shape index (κ1) is 15.5. The third-order valence-corrected chi connectivity index (χ3v) is 3.39. The molecule has 4 nitrogen and oxygen atoms in total. The van der Waals surface area contributed by atoms with Crippen LogP contribution in [0.1, 0.15) is 39.3 Å². The third-order valence-electron chi connectivity index (χ3n) is 3.39. The van der Waals surface area contributed by atoms with Crippen LogP contribution in [0.3, 0.4) is 0 Å². The molecule has 0 aliphatic rings. The molecular formula is C15H25N3O. The zero-order chi connectivity index (χ0) is 14.4. The normalized spacial score (nSPS) is 14.0. The molecule has 1 rings (SSSR count). The molecule has 1 aromatic carbocycles. The van der Waals surface area contributed by atoms with Gasteiger partial charge >= 0.3 is 6.03 Å². The van der Waals surface area contributed by atoms with Gasteiger partial charge < -0.3 is 16.4 Å². The summed E-state index contributed by atoms with van der Waals surface area (Å²) >= 11 is 0. The molecule has 106 valence electrons. The van der Waals surface area contributed by atoms with Gasteiger partial charge in [0, 0.05) is 18.3 Å². The van der Waals surface area contributed by atoms with Crippen molar-refractivity contribution in [3.63, 3.8) is 0 Å². The standard InChI is InChI=1S/C15H25N3O/c1-10(2)11(3)9-17-15(19)18-14-7-5-6-13(8-14)12(4)16/h5-8,10-12H,9,16H2,1-4H3,(H2,17,18,19). The van der Waals surface area contributed by atoms with Crippen molar-refractivity contribution in [3.8, 4) is 0 Å². The fourth-order valence-electron chi connectivity index (χ4n) is 1.56. The van der Waals surface area contributed by atoms with E-state index >= 15 is 0 Å². The van der Waals surface area contributed by atoms with Gasteiger partial charge in [-0.05, 0) is 36.5 Å². The Bertz CT molecular complexity index is 416. The fraction of sp³-hybridized carbons (Fsp3) is 0.533. The molecule has 4 heteroatoms. The molecule has 0 spiro atoms. The second kappa shape index (κ2) is 7.14. The Balaban J connectivity index is 2.50. The van der Waals surface area contributed by atoms with E-state index in [0.29, 0.717) is 18.4 Å². The summed E-state index contributed by atoms with van der Waals surface area (Å²) in [5.74, 6) is 1.02. The van der Waals surface area contributed by atoms with Crippen LogP contribution in [0.2, 0.25) is 0 Å². The van der Waals surface area contributed by atoms with Crippen LogP contribution in [0, 0.1) is 11.8 Å². The van der Waals surface area contributed by atoms with Crippen molar-refractivity contribution >= 4 is 11.7 Å². The topological polar surface area (TPSA) is 67.1 Å². The van der Waals surface area contributed by atoms with Gasteiger partial charge in [-0.15, -0.1) is 0 Å². The van der Waals surface area contributed by atoms with Gasteiger partial charge in [-0.3, -0.25) is 0 Å². The molecule has 0 aliphatic heterocycles. The minimum absolute atomic E-state index is 0.0363. The average molecular weight is 263 g/mol. The molecule has 0 aromatic heterocycles. The minimum atomic E-state index is -0.172. The van der Waals surface area contributed by atoms with Gasteiger partial charge in [0.05, 0.1) is 0 Å². The van der Waals surface area contributed by atoms with Crippen LogP contribution < -0.4 is 16.4 Å². The Morgan fingerprint density at radius 1 is 1.26 bits per heavy atom. The summed E-state index contributed by atoms with van der Waals surface area (Å²) in [7, 11) is 0. The number of nitrogens with two attached hydrogens (primary N) is 1. The summed E-state index contributed by atoms with van der Waals surface area (Å²) in [4.78, 5) is 11.8. The van der Waals surface area contributed by atoms with E-state index in [4.69, 9.17) is 5.73 Å². The quantitative estimate of drug-likeness (QED) is 0.764. The summed E-state index contributed by atoms with van der Waals surface area (Å²) < 4.78 is 0. The first-order chi connectivity index (χ1) is 8.90. The Morgan fingerprint density at radius 3 is 2.53 bits per heavy atom. The van der Waals surface area contributed by atoms with E-state index in [0.717, 1.165) is 11.3 Å². The SMILES string of the molecule is CC(N)c1cccc(NC(=O)NCC(C)C(C)C)c1. The van der Waals surface area contributed by atoms with Gasteiger partial charge in [0.2, 0.25) is 0 Å². The van der Waals surface area contributed by atoms with Crippen molar-refractivity contribution in [1.82, 2.24) is 5.32 Å². The number of hydrogen-bond donors (Lipinski definition) is 3. The first-order valence-electron chi connectivity index (χ1n) is 6.80. The highest BCUT2D eigenvalue weighted by molar-refractivity contribution is 5.89. The maximum absolute atomic E-state index is 11.8. The molecule has 0 bridgehead atoms. The molecule has 1 aromatic rings. The zero-order valence-electron chi connectivity index (χ0n) is 12.2. The van der Waals surface area contributed by atoms with E-state index in [2.05, 4.69) is 31.4 Å². The van der Waals surface area contributed by atoms with E-state index in [1.807, 2.05) is 31.2 Å². The number of hydrogen-bond acceptors (Lipinski definition) is 2. The summed E-state index contributed by atoms with van der Waals surface area (Å²) in [6.07, 6.45) is 0. The van der Waals surface area contributed by atoms with Gasteiger partial charge in [0.25, 0.3) is 0 Å². The Morgan fingerprint density at radius 2 is 1.95 bits per heavy atom. The van der Waals surface area contributed by atoms with E-state index in [-0.39, 0.29) is 12.1 Å². The number of urea groups is 1. The largest absolute Gasteiger partial charge is 0.338 e. The zero-order valence-corrected chi connectivity index (χ0v) is 12.2. The molecule has 2 atom stereocenters. The number of anilines is 1. The molecule has 4 N–H and O–H groups in total. The number of carbonyl (C=O) groups excluding carboxylic acids is 1. The minimum Gasteiger partial charge on any atom is -0.338 e. The number of nitrogens with one attached hydrogen (secondary N) is 2. The lowest BCUT2D eigenvalue weighted by molar-refractivity contribution is 0.249. The number of carbonyl (C=O) groups is 1. The summed E-state index contributed by atoms with van der Waals surface area (Å²) in [6, 6.07) is 7.40. The van der Waals surface area contributed by atoms with Crippen LogP contribution in [0.15, 0.2) is 24.3 Å². The molecule has 2 unspecified atom stereocenters. The van der Waals surface area contributed by atoms with Crippen LogP contribution in [0.25, 0.3) is 0 Å². The molecule has 0 saturated carbocycles. The van der Waals surface area contributed by atoms with Crippen LogP contribution >= 0.6 is 0 Å². The molecule has 0 fully saturated rings. The van der Waals surface area contributed by atoms with Gasteiger partial charge in [0.1, 0.15) is 0 Å². The summed E-state index contributed by atoms with van der Waals surface area (Å²) in [5, 5.41) is 5.71. The Labute approximate surface area is 115 Å². The van der Waals surface area contributed by atoms with Crippen molar-refractivity contribution in [1.29, 1.82) is 0 Å². The van der Waals surface area contributed by atoms with Crippen molar-refractivity contribution < 1.29 is 4.79 Å². The van der Waals surface area contributed by atoms with Crippen LogP contribution in [0.5, 0.6) is 0 Å². The van der Waals surface area contributed by atoms with Gasteiger partial charge in [0.15, 0.2) is 0 Å². The van der Waals surface area contributed by atoms with E-state index in [1.54, 1.807) is 0 Å². The highest BCUT2D eigenvalue weighted by Gasteiger charge is 2.09. The summed E-state index contributed by atoms with van der Waals surface area (Å²) in [5.41, 5.74) is 7.59. The van der Waals surface area contributed by atoms with Crippen molar-refractivity contribution in [2.45, 2.75) is 33.7 Å². The smallest absolute Gasteiger partial charge is 0.319 e. The van der Waals surface area contributed by atoms with Crippen LogP contribution in [-0.2, 0) is 0 Å². The maximum Gasteiger partial charge on any atom is 0.319 e. The Hall–Kier alpha value is -1.55. The maximum atomic E-state index is 11.8. The van der Waals surface area contributed by atoms with E-state index in [9.17, 15) is 4.79 Å². The second-order valence-electron chi connectivity index (χ2n) is 5.47. The van der Waals surface area contributed by atoms with Gasteiger partial charge in [-0.25, -0.2) is 4.79 Å². The van der Waals surface area contributed by atoms with E-state index < -0.39 is 0 Å². The van der Waals surface area contributed by atoms with Gasteiger partial charge in [-0.1, -0.05) is 32.9 Å². The van der Waals surface area contributed by atoms with E-state index in [1.165, 1.54) is 0 Å². The lowest BCUT2D eigenvalue weighted by Gasteiger charge is -2.16. The number of benzene rings is 1. The Kier molecular flexibility index (Phi) is 5.83. The van der Waals surface area contributed by atoms with Crippen LogP contribution in [-0.4, -0.2) is 12.6 Å². The molecular weight excluding hydrogens is 238 g/mol. The highest BCUT2D eigenvalue weighted by atomic mass is 16.2. The number of rotatable bonds is 5. The monoisotopic (exact) mass is 263 g/mol. The average Bonchev–Trinajstić information content (AvgIpc) is 2.36. The third kappa shape index (κ3) is 5.30. The molecule has 2 amide bonds. The lowest BCUT2D eigenvalue weighted by atomic mass is 9.98.